The van der Waals surface area contributed by atoms with Crippen LogP contribution in [0.1, 0.15) is 13.3 Å². The molecular weight excluding hydrogens is 240 g/mol. The molecule has 1 aliphatic rings. The molecular formula is C10H14N4O4. The lowest BCUT2D eigenvalue weighted by molar-refractivity contribution is -0.389. The predicted octanol–water partition coefficient (Wildman–Crippen LogP) is -0.225. The van der Waals surface area contributed by atoms with Crippen LogP contribution < -0.4 is 0 Å². The molecule has 0 radical (unpaired) electrons. The van der Waals surface area contributed by atoms with E-state index in [4.69, 9.17) is 0 Å². The van der Waals surface area contributed by atoms with Crippen LogP contribution in [0.25, 0.3) is 0 Å². The Hall–Kier alpha value is -1.96. The Morgan fingerprint density at radius 2 is 2.33 bits per heavy atom. The van der Waals surface area contributed by atoms with Crippen LogP contribution in [0.15, 0.2) is 12.5 Å². The fourth-order valence-electron chi connectivity index (χ4n) is 1.90. The molecule has 18 heavy (non-hydrogen) atoms. The first-order valence-corrected chi connectivity index (χ1v) is 5.54. The lowest BCUT2D eigenvalue weighted by atomic mass is 9.96. The van der Waals surface area contributed by atoms with Crippen molar-refractivity contribution < 1.29 is 14.8 Å². The number of hydrogen-bond donors (Lipinski definition) is 1. The van der Waals surface area contributed by atoms with Gasteiger partial charge in [0.1, 0.15) is 6.20 Å². The third-order valence-electron chi connectivity index (χ3n) is 2.81. The van der Waals surface area contributed by atoms with Gasteiger partial charge in [-0.1, -0.05) is 0 Å². The molecule has 1 aliphatic heterocycles. The third-order valence-corrected chi connectivity index (χ3v) is 2.81. The minimum Gasteiger partial charge on any atom is -0.386 e. The average molecular weight is 254 g/mol. The predicted molar refractivity (Wildman–Crippen MR) is 60.7 cm³/mol. The van der Waals surface area contributed by atoms with Gasteiger partial charge >= 0.3 is 5.82 Å². The summed E-state index contributed by atoms with van der Waals surface area (Å²) in [6, 6.07) is 0. The summed E-state index contributed by atoms with van der Waals surface area (Å²) in [6.07, 6.45) is 2.86. The molecule has 1 saturated heterocycles. The summed E-state index contributed by atoms with van der Waals surface area (Å²) in [6.45, 7) is 2.71. The molecule has 2 heterocycles. The Labute approximate surface area is 103 Å². The van der Waals surface area contributed by atoms with E-state index in [9.17, 15) is 20.0 Å². The largest absolute Gasteiger partial charge is 0.386 e. The van der Waals surface area contributed by atoms with Crippen LogP contribution in [0, 0.1) is 10.1 Å². The zero-order valence-electron chi connectivity index (χ0n) is 9.94. The van der Waals surface area contributed by atoms with E-state index in [0.717, 1.165) is 0 Å². The SMILES string of the molecule is CC1(O)CN(C(=O)CCn2cnc([N+](=O)[O-])c2)C1. The minimum atomic E-state index is -0.774. The minimum absolute atomic E-state index is 0.0714. The molecule has 2 rings (SSSR count). The van der Waals surface area contributed by atoms with Crippen molar-refractivity contribution in [2.75, 3.05) is 13.1 Å². The van der Waals surface area contributed by atoms with E-state index in [1.54, 1.807) is 11.8 Å². The number of nitrogens with zero attached hydrogens (tertiary/aromatic N) is 4. The Morgan fingerprint density at radius 1 is 1.67 bits per heavy atom. The van der Waals surface area contributed by atoms with Crippen molar-refractivity contribution in [1.29, 1.82) is 0 Å². The van der Waals surface area contributed by atoms with Crippen LogP contribution >= 0.6 is 0 Å². The van der Waals surface area contributed by atoms with E-state index in [0.29, 0.717) is 19.6 Å². The first-order valence-electron chi connectivity index (χ1n) is 5.54. The van der Waals surface area contributed by atoms with E-state index in [1.165, 1.54) is 17.1 Å². The van der Waals surface area contributed by atoms with Crippen molar-refractivity contribution in [2.24, 2.45) is 0 Å². The zero-order valence-corrected chi connectivity index (χ0v) is 9.94. The molecule has 0 aromatic carbocycles. The van der Waals surface area contributed by atoms with E-state index in [1.807, 2.05) is 0 Å². The number of rotatable bonds is 4. The molecule has 0 atom stereocenters. The number of β-amino-alcohol motifs (C(OH)–C–C–N with tert-alkyl or cyclic N) is 1. The second kappa shape index (κ2) is 4.37. The summed E-state index contributed by atoms with van der Waals surface area (Å²) in [7, 11) is 0. The fraction of sp³-hybridized carbons (Fsp3) is 0.600. The van der Waals surface area contributed by atoms with Crippen LogP contribution in [-0.4, -0.2) is 49.1 Å². The van der Waals surface area contributed by atoms with Crippen molar-refractivity contribution in [2.45, 2.75) is 25.5 Å². The molecule has 8 nitrogen and oxygen atoms in total. The van der Waals surface area contributed by atoms with Gasteiger partial charge in [-0.2, -0.15) is 0 Å². The van der Waals surface area contributed by atoms with Gasteiger partial charge in [0.15, 0.2) is 0 Å². The van der Waals surface area contributed by atoms with Crippen molar-refractivity contribution in [3.05, 3.63) is 22.6 Å². The molecule has 1 amide bonds. The molecule has 1 fully saturated rings. The Morgan fingerprint density at radius 3 is 2.83 bits per heavy atom. The van der Waals surface area contributed by atoms with Crippen LogP contribution in [0.3, 0.4) is 0 Å². The van der Waals surface area contributed by atoms with Gasteiger partial charge < -0.3 is 24.7 Å². The van der Waals surface area contributed by atoms with Gasteiger partial charge in [-0.05, 0) is 16.8 Å². The second-order valence-electron chi connectivity index (χ2n) is 4.72. The maximum absolute atomic E-state index is 11.7. The van der Waals surface area contributed by atoms with Gasteiger partial charge in [0, 0.05) is 13.0 Å². The number of imidazole rings is 1. The van der Waals surface area contributed by atoms with Gasteiger partial charge in [0.25, 0.3) is 0 Å². The number of nitro groups is 1. The molecule has 0 aliphatic carbocycles. The first-order chi connectivity index (χ1) is 8.37. The van der Waals surface area contributed by atoms with Crippen LogP contribution in [-0.2, 0) is 11.3 Å². The van der Waals surface area contributed by atoms with Crippen LogP contribution in [0.5, 0.6) is 0 Å². The highest BCUT2D eigenvalue weighted by Gasteiger charge is 2.38. The quantitative estimate of drug-likeness (QED) is 0.591. The maximum Gasteiger partial charge on any atom is 0.381 e. The maximum atomic E-state index is 11.7. The third kappa shape index (κ3) is 2.65. The number of hydrogen-bond acceptors (Lipinski definition) is 5. The van der Waals surface area contributed by atoms with Gasteiger partial charge in [-0.15, -0.1) is 0 Å². The van der Waals surface area contributed by atoms with E-state index < -0.39 is 10.5 Å². The summed E-state index contributed by atoms with van der Waals surface area (Å²) in [5.74, 6) is -0.299. The fourth-order valence-corrected chi connectivity index (χ4v) is 1.90. The highest BCUT2D eigenvalue weighted by molar-refractivity contribution is 5.77. The summed E-state index contributed by atoms with van der Waals surface area (Å²) < 4.78 is 1.51. The lowest BCUT2D eigenvalue weighted by Gasteiger charge is -2.44. The van der Waals surface area contributed by atoms with Gasteiger partial charge in [0.05, 0.1) is 18.7 Å². The van der Waals surface area contributed by atoms with Crippen molar-refractivity contribution in [1.82, 2.24) is 14.5 Å². The number of carbonyl (C=O) groups excluding carboxylic acids is 1. The highest BCUT2D eigenvalue weighted by atomic mass is 16.6. The summed E-state index contributed by atoms with van der Waals surface area (Å²) >= 11 is 0. The van der Waals surface area contributed by atoms with E-state index in [2.05, 4.69) is 4.98 Å². The van der Waals surface area contributed by atoms with Gasteiger partial charge in [0.2, 0.25) is 12.2 Å². The summed E-state index contributed by atoms with van der Waals surface area (Å²) in [5, 5.41) is 19.9. The number of carbonyl (C=O) groups is 1. The molecule has 1 aromatic heterocycles. The second-order valence-corrected chi connectivity index (χ2v) is 4.72. The Bertz CT molecular complexity index is 474. The standard InChI is InChI=1S/C10H14N4O4/c1-10(16)5-13(6-10)9(15)2-3-12-4-8(11-7-12)14(17)18/h4,7,16H,2-3,5-6H2,1H3. The lowest BCUT2D eigenvalue weighted by Crippen LogP contribution is -2.61. The monoisotopic (exact) mass is 254 g/mol. The molecule has 0 bridgehead atoms. The smallest absolute Gasteiger partial charge is 0.381 e. The molecule has 1 aromatic rings. The highest BCUT2D eigenvalue weighted by Crippen LogP contribution is 2.20. The van der Waals surface area contributed by atoms with Crippen molar-refractivity contribution in [3.63, 3.8) is 0 Å². The molecule has 0 unspecified atom stereocenters. The van der Waals surface area contributed by atoms with E-state index in [-0.39, 0.29) is 18.1 Å². The number of likely N-dealkylation sites (tertiary alicyclic amines) is 1. The normalized spacial score (nSPS) is 17.3. The molecule has 0 saturated carbocycles. The Kier molecular flexibility index (Phi) is 3.04. The summed E-state index contributed by atoms with van der Waals surface area (Å²) in [5.41, 5.74) is -0.774. The van der Waals surface area contributed by atoms with Crippen LogP contribution in [0.2, 0.25) is 0 Å². The zero-order chi connectivity index (χ0) is 13.3. The van der Waals surface area contributed by atoms with E-state index >= 15 is 0 Å². The molecule has 8 heteroatoms. The summed E-state index contributed by atoms with van der Waals surface area (Å²) in [4.78, 5) is 26.7. The number of aliphatic hydroxyl groups is 1. The number of amides is 1. The van der Waals surface area contributed by atoms with Crippen molar-refractivity contribution in [3.8, 4) is 0 Å². The molecule has 1 N–H and O–H groups in total. The van der Waals surface area contributed by atoms with Crippen molar-refractivity contribution >= 4 is 11.7 Å². The molecule has 0 spiro atoms. The van der Waals surface area contributed by atoms with Crippen LogP contribution in [0.4, 0.5) is 5.82 Å². The molecule has 98 valence electrons. The topological polar surface area (TPSA) is 102 Å². The first kappa shape index (κ1) is 12.5. The average Bonchev–Trinajstić information content (AvgIpc) is 2.71. The number of aromatic nitrogens is 2. The number of aryl methyl sites for hydroxylation is 1. The van der Waals surface area contributed by atoms with Gasteiger partial charge in [-0.3, -0.25) is 4.79 Å². The van der Waals surface area contributed by atoms with Gasteiger partial charge in [-0.25, -0.2) is 0 Å². The Balaban J connectivity index is 1.81.